The van der Waals surface area contributed by atoms with Crippen molar-refractivity contribution in [2.24, 2.45) is 10.1 Å². The zero-order valence-corrected chi connectivity index (χ0v) is 23.2. The molecule has 2 aromatic rings. The van der Waals surface area contributed by atoms with E-state index in [4.69, 9.17) is 27.9 Å². The molecule has 0 saturated heterocycles. The molecule has 0 aromatic heterocycles. The topological polar surface area (TPSA) is 192 Å². The molecule has 0 saturated carbocycles. The Hall–Kier alpha value is -3.63. The summed E-state index contributed by atoms with van der Waals surface area (Å²) in [5.74, 6) is -0.662. The van der Waals surface area contributed by atoms with Gasteiger partial charge in [0, 0.05) is 10.2 Å². The van der Waals surface area contributed by atoms with Crippen LogP contribution in [-0.2, 0) is 20.2 Å². The van der Waals surface area contributed by atoms with Crippen molar-refractivity contribution in [1.82, 2.24) is 0 Å². The van der Waals surface area contributed by atoms with Crippen LogP contribution in [0.2, 0.25) is 10.0 Å². The van der Waals surface area contributed by atoms with Crippen molar-refractivity contribution in [3.05, 3.63) is 112 Å². The Bertz CT molecular complexity index is 2200. The molecule has 40 heavy (non-hydrogen) atoms. The van der Waals surface area contributed by atoms with Crippen molar-refractivity contribution < 1.29 is 35.8 Å². The standard InChI is InChI=1S/C24H17Cl2N3O9S2/c1-38-18-5-3-2-4-16(18)28-29-22-20(40(35,36)37)11-14-19(39(32,33)34)9-8-17(21(14)23(22)30)27-24(31)13-7-6-12(25)10-15(13)26/h2-11,28H,1H3,(H2,32,33,34)(H,35,36,37). The zero-order chi connectivity index (χ0) is 29.4. The molecule has 0 fully saturated rings. The average molecular weight is 626 g/mol. The largest absolute Gasteiger partial charge is 0.495 e. The highest BCUT2D eigenvalue weighted by molar-refractivity contribution is 7.85. The molecular formula is C24H17Cl2N3O9S2. The minimum Gasteiger partial charge on any atom is -0.495 e. The van der Waals surface area contributed by atoms with Crippen molar-refractivity contribution in [1.29, 1.82) is 0 Å². The second-order valence-corrected chi connectivity index (χ2v) is 11.7. The quantitative estimate of drug-likeness (QED) is 0.145. The fraction of sp³-hybridized carbons (Fsp3) is 0.0417. The number of hydrogen-bond acceptors (Lipinski definition) is 8. The number of halogens is 2. The predicted octanol–water partition coefficient (Wildman–Crippen LogP) is 2.64. The third-order valence-electron chi connectivity index (χ3n) is 5.48. The van der Waals surface area contributed by atoms with Crippen LogP contribution in [0.25, 0.3) is 0 Å². The summed E-state index contributed by atoms with van der Waals surface area (Å²) in [4.78, 5) is 29.5. The van der Waals surface area contributed by atoms with Gasteiger partial charge in [-0.25, -0.2) is 9.20 Å². The highest BCUT2D eigenvalue weighted by atomic mass is 35.5. The lowest BCUT2D eigenvalue weighted by Gasteiger charge is -2.07. The average Bonchev–Trinajstić information content (AvgIpc) is 2.86. The molecule has 0 aliphatic heterocycles. The number of amides is 1. The van der Waals surface area contributed by atoms with Gasteiger partial charge in [-0.05, 0) is 48.5 Å². The molecule has 208 valence electrons. The summed E-state index contributed by atoms with van der Waals surface area (Å²) in [5.41, 5.74) is 1.39. The Morgan fingerprint density at radius 3 is 2.30 bits per heavy atom. The normalized spacial score (nSPS) is 13.1. The second kappa shape index (κ2) is 11.1. The van der Waals surface area contributed by atoms with E-state index in [1.54, 1.807) is 18.2 Å². The number of para-hydroxylation sites is 2. The molecule has 2 aliphatic carbocycles. The number of methoxy groups -OCH3 is 1. The second-order valence-electron chi connectivity index (χ2n) is 7.99. The van der Waals surface area contributed by atoms with Crippen LogP contribution >= 0.6 is 23.2 Å². The highest BCUT2D eigenvalue weighted by Gasteiger charge is 2.20. The van der Waals surface area contributed by atoms with Gasteiger partial charge in [0.05, 0.1) is 38.5 Å². The van der Waals surface area contributed by atoms with Gasteiger partial charge in [-0.1, -0.05) is 35.3 Å². The number of carbonyl (C=O) groups excluding carboxylic acids is 1. The Kier molecular flexibility index (Phi) is 8.14. The van der Waals surface area contributed by atoms with E-state index in [2.05, 4.69) is 15.5 Å². The first-order valence-corrected chi connectivity index (χ1v) is 14.5. The third kappa shape index (κ3) is 5.93. The van der Waals surface area contributed by atoms with E-state index in [9.17, 15) is 35.9 Å². The molecule has 2 aliphatic rings. The van der Waals surface area contributed by atoms with Gasteiger partial charge in [-0.3, -0.25) is 28.7 Å². The molecule has 0 radical (unpaired) electrons. The molecule has 0 bridgehead atoms. The number of ether oxygens (including phenoxy) is 1. The maximum Gasteiger partial charge on any atom is 0.296 e. The Morgan fingerprint density at radius 2 is 1.68 bits per heavy atom. The summed E-state index contributed by atoms with van der Waals surface area (Å²) in [7, 11) is -8.59. The van der Waals surface area contributed by atoms with Crippen LogP contribution in [0.3, 0.4) is 0 Å². The van der Waals surface area contributed by atoms with E-state index in [-0.39, 0.29) is 32.4 Å². The molecular weight excluding hydrogens is 609 g/mol. The molecule has 1 amide bonds. The monoisotopic (exact) mass is 625 g/mol. The summed E-state index contributed by atoms with van der Waals surface area (Å²) < 4.78 is 70.7. The fourth-order valence-electron chi connectivity index (χ4n) is 3.71. The smallest absolute Gasteiger partial charge is 0.296 e. The third-order valence-corrected chi connectivity index (χ3v) is 7.82. The van der Waals surface area contributed by atoms with E-state index in [0.717, 1.165) is 12.1 Å². The molecule has 2 aromatic carbocycles. The molecule has 0 atom stereocenters. The summed E-state index contributed by atoms with van der Waals surface area (Å²) in [5, 5.41) is 1.68. The SMILES string of the molecule is COc1ccccc1NN=c1c(S(=O)(=O)O)cc2c(=S(=O)(O)O)ccc(=NC(=O)c3ccc(Cl)cc3Cl)c=2c1=O. The molecule has 16 heteroatoms. The van der Waals surface area contributed by atoms with Crippen molar-refractivity contribution >= 4 is 55.0 Å². The van der Waals surface area contributed by atoms with Crippen molar-refractivity contribution in [3.8, 4) is 5.75 Å². The van der Waals surface area contributed by atoms with Crippen LogP contribution in [0.4, 0.5) is 5.69 Å². The Balaban J connectivity index is 2.19. The van der Waals surface area contributed by atoms with Gasteiger partial charge in [0.1, 0.15) is 10.6 Å². The van der Waals surface area contributed by atoms with Crippen molar-refractivity contribution in [2.75, 3.05) is 12.5 Å². The van der Waals surface area contributed by atoms with Gasteiger partial charge in [-0.15, -0.1) is 0 Å². The van der Waals surface area contributed by atoms with Gasteiger partial charge < -0.3 is 4.74 Å². The lowest BCUT2D eigenvalue weighted by atomic mass is 10.1. The summed E-state index contributed by atoms with van der Waals surface area (Å²) in [6, 6.07) is 12.8. The Labute approximate surface area is 235 Å². The van der Waals surface area contributed by atoms with Crippen molar-refractivity contribution in [2.45, 2.75) is 4.90 Å². The minimum atomic E-state index is -5.17. The van der Waals surface area contributed by atoms with Gasteiger partial charge in [0.15, 0.2) is 5.36 Å². The Morgan fingerprint density at radius 1 is 0.975 bits per heavy atom. The molecule has 0 unspecified atom stereocenters. The maximum atomic E-state index is 13.7. The van der Waals surface area contributed by atoms with E-state index >= 15 is 0 Å². The summed E-state index contributed by atoms with van der Waals surface area (Å²) in [6.07, 6.45) is 0. The van der Waals surface area contributed by atoms with E-state index in [1.165, 1.54) is 31.4 Å². The van der Waals surface area contributed by atoms with Crippen LogP contribution in [-0.4, -0.2) is 39.3 Å². The first-order valence-electron chi connectivity index (χ1n) is 10.8. The van der Waals surface area contributed by atoms with Crippen LogP contribution in [0.15, 0.2) is 80.4 Å². The zero-order valence-electron chi connectivity index (χ0n) is 20.0. The molecule has 0 heterocycles. The fourth-order valence-corrected chi connectivity index (χ4v) is 5.55. The lowest BCUT2D eigenvalue weighted by molar-refractivity contribution is 0.0998. The number of anilines is 1. The van der Waals surface area contributed by atoms with Crippen LogP contribution in [0.5, 0.6) is 5.75 Å². The molecule has 4 N–H and O–H groups in total. The summed E-state index contributed by atoms with van der Waals surface area (Å²) in [6.45, 7) is 0. The number of nitrogens with zero attached hydrogens (tertiary/aromatic N) is 2. The minimum absolute atomic E-state index is 0.0522. The van der Waals surface area contributed by atoms with Gasteiger partial charge in [0.2, 0.25) is 15.5 Å². The maximum absolute atomic E-state index is 13.7. The predicted molar refractivity (Wildman–Crippen MR) is 145 cm³/mol. The first-order chi connectivity index (χ1) is 18.7. The molecule has 4 rings (SSSR count). The molecule has 12 nitrogen and oxygen atoms in total. The summed E-state index contributed by atoms with van der Waals surface area (Å²) >= 11 is 12.0. The number of nitrogens with one attached hydrogen (secondary N) is 1. The number of rotatable bonds is 5. The molecule has 0 spiro atoms. The number of hydrogen-bond donors (Lipinski definition) is 4. The van der Waals surface area contributed by atoms with Gasteiger partial charge in [0.25, 0.3) is 16.0 Å². The van der Waals surface area contributed by atoms with E-state index in [1.807, 2.05) is 0 Å². The number of benzene rings is 2. The first kappa shape index (κ1) is 29.4. The highest BCUT2D eigenvalue weighted by Crippen LogP contribution is 2.23. The van der Waals surface area contributed by atoms with Crippen LogP contribution in [0, 0.1) is 14.9 Å². The van der Waals surface area contributed by atoms with Crippen molar-refractivity contribution in [3.63, 3.8) is 0 Å². The lowest BCUT2D eigenvalue weighted by Crippen LogP contribution is -2.36. The van der Waals surface area contributed by atoms with Crippen LogP contribution < -0.4 is 26.3 Å². The van der Waals surface area contributed by atoms with E-state index < -0.39 is 56.7 Å². The number of carbonyl (C=O) groups is 1. The van der Waals surface area contributed by atoms with Gasteiger partial charge >= 0.3 is 0 Å². The van der Waals surface area contributed by atoms with Crippen LogP contribution in [0.1, 0.15) is 10.4 Å². The van der Waals surface area contributed by atoms with E-state index in [0.29, 0.717) is 6.07 Å². The van der Waals surface area contributed by atoms with Gasteiger partial charge in [-0.2, -0.15) is 13.5 Å².